The van der Waals surface area contributed by atoms with E-state index in [1.54, 1.807) is 6.33 Å². The molecular formula is C19H18ClN7. The van der Waals surface area contributed by atoms with Gasteiger partial charge in [-0.25, -0.2) is 4.98 Å². The van der Waals surface area contributed by atoms with Gasteiger partial charge in [0.05, 0.1) is 17.7 Å². The van der Waals surface area contributed by atoms with Gasteiger partial charge in [-0.3, -0.25) is 0 Å². The molecule has 4 rings (SSSR count). The zero-order chi connectivity index (χ0) is 18.8. The number of nitrogen functional groups attached to an aromatic ring is 1. The van der Waals surface area contributed by atoms with Crippen molar-refractivity contribution in [2.24, 2.45) is 0 Å². The molecule has 0 amide bonds. The summed E-state index contributed by atoms with van der Waals surface area (Å²) in [6, 6.07) is 14.9. The Hall–Kier alpha value is -3.32. The van der Waals surface area contributed by atoms with Gasteiger partial charge in [-0.05, 0) is 37.3 Å². The van der Waals surface area contributed by atoms with Crippen LogP contribution in [0.3, 0.4) is 0 Å². The van der Waals surface area contributed by atoms with Crippen LogP contribution in [0.25, 0.3) is 11.2 Å². The third-order valence-corrected chi connectivity index (χ3v) is 4.33. The number of fused-ring (bicyclic) bond motifs is 1. The number of nitrogens with zero attached hydrogens (tertiary/aromatic N) is 4. The van der Waals surface area contributed by atoms with Crippen LogP contribution in [0.5, 0.6) is 0 Å². The number of aromatic nitrogens is 4. The third kappa shape index (κ3) is 3.50. The first-order valence-corrected chi connectivity index (χ1v) is 8.89. The van der Waals surface area contributed by atoms with Gasteiger partial charge >= 0.3 is 0 Å². The van der Waals surface area contributed by atoms with Gasteiger partial charge in [0.2, 0.25) is 5.95 Å². The minimum Gasteiger partial charge on any atom is -0.397 e. The highest BCUT2D eigenvalue weighted by atomic mass is 35.5. The average Bonchev–Trinajstić information content (AvgIpc) is 3.07. The molecule has 2 aromatic carbocycles. The summed E-state index contributed by atoms with van der Waals surface area (Å²) in [4.78, 5) is 13.7. The van der Waals surface area contributed by atoms with E-state index in [4.69, 9.17) is 17.3 Å². The van der Waals surface area contributed by atoms with Gasteiger partial charge in [0.25, 0.3) is 0 Å². The van der Waals surface area contributed by atoms with E-state index >= 15 is 0 Å². The molecule has 7 nitrogen and oxygen atoms in total. The smallest absolute Gasteiger partial charge is 0.231 e. The molecule has 8 heteroatoms. The Balaban J connectivity index is 1.79. The maximum Gasteiger partial charge on any atom is 0.231 e. The predicted molar refractivity (Wildman–Crippen MR) is 110 cm³/mol. The molecule has 0 aliphatic carbocycles. The van der Waals surface area contributed by atoms with Crippen LogP contribution in [-0.2, 0) is 6.54 Å². The molecule has 0 aliphatic heterocycles. The topological polar surface area (TPSA) is 93.7 Å². The van der Waals surface area contributed by atoms with Gasteiger partial charge in [0.15, 0.2) is 17.0 Å². The summed E-state index contributed by atoms with van der Waals surface area (Å²) < 4.78 is 1.96. The quantitative estimate of drug-likeness (QED) is 0.440. The Kier molecular flexibility index (Phi) is 4.52. The summed E-state index contributed by atoms with van der Waals surface area (Å²) in [5.41, 5.74) is 9.63. The molecule has 0 fully saturated rings. The number of halogens is 1. The second-order valence-electron chi connectivity index (χ2n) is 5.95. The standard InChI is InChI=1S/C19H18ClN7/c1-2-27-11-22-16-17(23-13-7-5-6-12(20)10-13)25-19(26-18(16)27)24-15-9-4-3-8-14(15)21/h3-11H,2,21H2,1H3,(H2,23,24,25,26). The molecule has 4 N–H and O–H groups in total. The number of anilines is 5. The minimum absolute atomic E-state index is 0.431. The van der Waals surface area contributed by atoms with Crippen molar-refractivity contribution in [1.82, 2.24) is 19.5 Å². The van der Waals surface area contributed by atoms with E-state index in [2.05, 4.69) is 25.6 Å². The van der Waals surface area contributed by atoms with E-state index in [-0.39, 0.29) is 0 Å². The molecule has 0 atom stereocenters. The van der Waals surface area contributed by atoms with E-state index in [9.17, 15) is 0 Å². The molecule has 0 aliphatic rings. The maximum absolute atomic E-state index is 6.09. The average molecular weight is 380 g/mol. The zero-order valence-corrected chi connectivity index (χ0v) is 15.4. The van der Waals surface area contributed by atoms with Crippen LogP contribution in [0.15, 0.2) is 54.9 Å². The molecule has 4 aromatic rings. The van der Waals surface area contributed by atoms with E-state index in [0.29, 0.717) is 28.0 Å². The van der Waals surface area contributed by atoms with Crippen molar-refractivity contribution in [3.05, 3.63) is 59.9 Å². The molecule has 0 saturated carbocycles. The zero-order valence-electron chi connectivity index (χ0n) is 14.6. The number of rotatable bonds is 5. The second kappa shape index (κ2) is 7.13. The maximum atomic E-state index is 6.09. The Bertz CT molecular complexity index is 1110. The fraction of sp³-hybridized carbons (Fsp3) is 0.105. The summed E-state index contributed by atoms with van der Waals surface area (Å²) >= 11 is 6.09. The highest BCUT2D eigenvalue weighted by molar-refractivity contribution is 6.30. The fourth-order valence-corrected chi connectivity index (χ4v) is 2.94. The largest absolute Gasteiger partial charge is 0.397 e. The number of nitrogens with one attached hydrogen (secondary N) is 2. The first kappa shape index (κ1) is 17.1. The lowest BCUT2D eigenvalue weighted by atomic mass is 10.3. The number of nitrogens with two attached hydrogens (primary N) is 1. The fourth-order valence-electron chi connectivity index (χ4n) is 2.75. The first-order valence-electron chi connectivity index (χ1n) is 8.51. The highest BCUT2D eigenvalue weighted by Gasteiger charge is 2.14. The Morgan fingerprint density at radius 1 is 1.07 bits per heavy atom. The third-order valence-electron chi connectivity index (χ3n) is 4.10. The molecule has 0 radical (unpaired) electrons. The molecule has 0 unspecified atom stereocenters. The Labute approximate surface area is 161 Å². The monoisotopic (exact) mass is 379 g/mol. The van der Waals surface area contributed by atoms with Gasteiger partial charge in [0.1, 0.15) is 0 Å². The molecule has 0 spiro atoms. The molecular weight excluding hydrogens is 362 g/mol. The van der Waals surface area contributed by atoms with Gasteiger partial charge in [0, 0.05) is 17.3 Å². The van der Waals surface area contributed by atoms with Crippen molar-refractivity contribution < 1.29 is 0 Å². The summed E-state index contributed by atoms with van der Waals surface area (Å²) in [6.45, 7) is 2.78. The minimum atomic E-state index is 0.431. The van der Waals surface area contributed by atoms with E-state index in [0.717, 1.165) is 23.6 Å². The summed E-state index contributed by atoms with van der Waals surface area (Å²) in [5, 5.41) is 7.11. The lowest BCUT2D eigenvalue weighted by molar-refractivity contribution is 0.778. The number of aryl methyl sites for hydroxylation is 1. The van der Waals surface area contributed by atoms with Crippen molar-refractivity contribution in [2.75, 3.05) is 16.4 Å². The first-order chi connectivity index (χ1) is 13.1. The molecule has 2 heterocycles. The van der Waals surface area contributed by atoms with Crippen molar-refractivity contribution in [2.45, 2.75) is 13.5 Å². The lowest BCUT2D eigenvalue weighted by Crippen LogP contribution is -2.05. The Morgan fingerprint density at radius 3 is 2.70 bits per heavy atom. The van der Waals surface area contributed by atoms with Gasteiger partial charge in [-0.2, -0.15) is 9.97 Å². The van der Waals surface area contributed by atoms with Gasteiger partial charge in [-0.1, -0.05) is 29.8 Å². The highest BCUT2D eigenvalue weighted by Crippen LogP contribution is 2.27. The molecule has 27 heavy (non-hydrogen) atoms. The van der Waals surface area contributed by atoms with Crippen molar-refractivity contribution in [3.63, 3.8) is 0 Å². The van der Waals surface area contributed by atoms with Crippen LogP contribution < -0.4 is 16.4 Å². The summed E-state index contributed by atoms with van der Waals surface area (Å²) in [7, 11) is 0. The molecule has 2 aromatic heterocycles. The number of para-hydroxylation sites is 2. The van der Waals surface area contributed by atoms with E-state index < -0.39 is 0 Å². The van der Waals surface area contributed by atoms with Crippen LogP contribution in [-0.4, -0.2) is 19.5 Å². The number of imidazole rings is 1. The molecule has 0 saturated heterocycles. The predicted octanol–water partition coefficient (Wildman–Crippen LogP) is 4.57. The van der Waals surface area contributed by atoms with E-state index in [1.165, 1.54) is 0 Å². The SMILES string of the molecule is CCn1cnc2c(Nc3cccc(Cl)c3)nc(Nc3ccccc3N)nc21. The number of hydrogen-bond donors (Lipinski definition) is 3. The number of benzene rings is 2. The van der Waals surface area contributed by atoms with Crippen molar-refractivity contribution in [1.29, 1.82) is 0 Å². The van der Waals surface area contributed by atoms with Gasteiger partial charge in [-0.15, -0.1) is 0 Å². The van der Waals surface area contributed by atoms with Crippen LogP contribution >= 0.6 is 11.6 Å². The van der Waals surface area contributed by atoms with Crippen molar-refractivity contribution in [3.8, 4) is 0 Å². The van der Waals surface area contributed by atoms with Crippen LogP contribution in [0.2, 0.25) is 5.02 Å². The molecule has 0 bridgehead atoms. The summed E-state index contributed by atoms with van der Waals surface area (Å²) in [5.74, 6) is 1.02. The van der Waals surface area contributed by atoms with Crippen LogP contribution in [0, 0.1) is 0 Å². The Morgan fingerprint density at radius 2 is 1.93 bits per heavy atom. The lowest BCUT2D eigenvalue weighted by Gasteiger charge is -2.11. The molecule has 136 valence electrons. The normalized spacial score (nSPS) is 10.9. The van der Waals surface area contributed by atoms with Crippen molar-refractivity contribution >= 4 is 51.6 Å². The van der Waals surface area contributed by atoms with Gasteiger partial charge < -0.3 is 20.9 Å². The van der Waals surface area contributed by atoms with E-state index in [1.807, 2.05) is 60.0 Å². The number of hydrogen-bond acceptors (Lipinski definition) is 6. The van der Waals surface area contributed by atoms with Crippen LogP contribution in [0.4, 0.5) is 28.8 Å². The van der Waals surface area contributed by atoms with Crippen LogP contribution in [0.1, 0.15) is 6.92 Å². The second-order valence-corrected chi connectivity index (χ2v) is 6.38. The summed E-state index contributed by atoms with van der Waals surface area (Å²) in [6.07, 6.45) is 1.75.